The van der Waals surface area contributed by atoms with Crippen molar-refractivity contribution >= 4 is 17.5 Å². The highest BCUT2D eigenvalue weighted by molar-refractivity contribution is 5.89. The number of piperazine rings is 1. The van der Waals surface area contributed by atoms with Crippen LogP contribution in [-0.4, -0.2) is 61.5 Å². The van der Waals surface area contributed by atoms with Gasteiger partial charge in [-0.05, 0) is 30.3 Å². The molecule has 2 heterocycles. The standard InChI is InChI=1S/C22H25N5O3/c1-29-19-9-8-16(14-20(19)30-2)18-15-21(25-24-18)23-22(28)27-12-10-26(11-13-27)17-6-4-3-5-7-17/h3-9,14-15H,10-13H2,1-2H3,(H2,23,24,25,28). The van der Waals surface area contributed by atoms with Crippen LogP contribution in [0.5, 0.6) is 11.5 Å². The van der Waals surface area contributed by atoms with Crippen molar-refractivity contribution < 1.29 is 14.3 Å². The van der Waals surface area contributed by atoms with Crippen molar-refractivity contribution in [2.75, 3.05) is 50.6 Å². The Bertz CT molecular complexity index is 997. The molecule has 3 aromatic rings. The Morgan fingerprint density at radius 3 is 2.40 bits per heavy atom. The van der Waals surface area contributed by atoms with Gasteiger partial charge in [0.15, 0.2) is 17.3 Å². The Morgan fingerprint density at radius 2 is 1.70 bits per heavy atom. The quantitative estimate of drug-likeness (QED) is 0.677. The van der Waals surface area contributed by atoms with Crippen LogP contribution < -0.4 is 19.7 Å². The van der Waals surface area contributed by atoms with Crippen molar-refractivity contribution in [2.24, 2.45) is 0 Å². The van der Waals surface area contributed by atoms with Gasteiger partial charge in [-0.25, -0.2) is 4.79 Å². The largest absolute Gasteiger partial charge is 0.493 e. The summed E-state index contributed by atoms with van der Waals surface area (Å²) in [5.41, 5.74) is 2.85. The van der Waals surface area contributed by atoms with Gasteiger partial charge in [0.1, 0.15) is 0 Å². The van der Waals surface area contributed by atoms with Crippen LogP contribution in [0.1, 0.15) is 0 Å². The molecule has 2 aromatic carbocycles. The summed E-state index contributed by atoms with van der Waals surface area (Å²) in [5.74, 6) is 1.77. The van der Waals surface area contributed by atoms with Gasteiger partial charge in [0, 0.05) is 43.5 Å². The summed E-state index contributed by atoms with van der Waals surface area (Å²) in [5, 5.41) is 10.1. The molecule has 0 aliphatic carbocycles. The van der Waals surface area contributed by atoms with Crippen LogP contribution in [0.4, 0.5) is 16.3 Å². The number of amides is 2. The molecule has 1 aromatic heterocycles. The highest BCUT2D eigenvalue weighted by Gasteiger charge is 2.22. The molecule has 0 atom stereocenters. The number of aromatic nitrogens is 2. The summed E-state index contributed by atoms with van der Waals surface area (Å²) in [6, 6.07) is 17.5. The van der Waals surface area contributed by atoms with Crippen LogP contribution >= 0.6 is 0 Å². The second-order valence-corrected chi connectivity index (χ2v) is 6.98. The van der Waals surface area contributed by atoms with Gasteiger partial charge in [-0.2, -0.15) is 5.10 Å². The molecule has 0 radical (unpaired) electrons. The third-order valence-corrected chi connectivity index (χ3v) is 5.20. The zero-order chi connectivity index (χ0) is 20.9. The van der Waals surface area contributed by atoms with E-state index in [1.54, 1.807) is 20.3 Å². The molecule has 156 valence electrons. The first-order chi connectivity index (χ1) is 14.7. The molecule has 1 aliphatic rings. The molecule has 2 N–H and O–H groups in total. The SMILES string of the molecule is COc1ccc(-c2cc(NC(=O)N3CCN(c4ccccc4)CC3)n[nH]2)cc1OC. The number of nitrogens with one attached hydrogen (secondary N) is 2. The summed E-state index contributed by atoms with van der Waals surface area (Å²) in [6.07, 6.45) is 0. The van der Waals surface area contributed by atoms with E-state index in [0.29, 0.717) is 30.4 Å². The maximum Gasteiger partial charge on any atom is 0.323 e. The molecule has 0 bridgehead atoms. The fraction of sp³-hybridized carbons (Fsp3) is 0.273. The number of hydrogen-bond donors (Lipinski definition) is 2. The minimum absolute atomic E-state index is 0.145. The first-order valence-electron chi connectivity index (χ1n) is 9.81. The van der Waals surface area contributed by atoms with Gasteiger partial charge < -0.3 is 19.3 Å². The molecular formula is C22H25N5O3. The molecule has 2 amide bonds. The van der Waals surface area contributed by atoms with Crippen LogP contribution in [0.2, 0.25) is 0 Å². The Balaban J connectivity index is 1.37. The van der Waals surface area contributed by atoms with E-state index in [-0.39, 0.29) is 6.03 Å². The number of nitrogens with zero attached hydrogens (tertiary/aromatic N) is 3. The van der Waals surface area contributed by atoms with Crippen molar-refractivity contribution in [3.63, 3.8) is 0 Å². The van der Waals surface area contributed by atoms with Gasteiger partial charge in [0.25, 0.3) is 0 Å². The average Bonchev–Trinajstić information content (AvgIpc) is 3.27. The lowest BCUT2D eigenvalue weighted by Gasteiger charge is -2.35. The number of benzene rings is 2. The van der Waals surface area contributed by atoms with Crippen molar-refractivity contribution in [3.8, 4) is 22.8 Å². The number of para-hydroxylation sites is 1. The van der Waals surface area contributed by atoms with Gasteiger partial charge in [-0.15, -0.1) is 0 Å². The molecule has 1 fully saturated rings. The zero-order valence-electron chi connectivity index (χ0n) is 17.1. The van der Waals surface area contributed by atoms with Gasteiger partial charge in [0.05, 0.1) is 19.9 Å². The van der Waals surface area contributed by atoms with Gasteiger partial charge in [0.2, 0.25) is 0 Å². The molecule has 4 rings (SSSR count). The van der Waals surface area contributed by atoms with Crippen LogP contribution in [0.15, 0.2) is 54.6 Å². The first-order valence-corrected chi connectivity index (χ1v) is 9.81. The summed E-state index contributed by atoms with van der Waals surface area (Å²) < 4.78 is 10.6. The first kappa shape index (κ1) is 19.6. The Hall–Kier alpha value is -3.68. The molecule has 0 unspecified atom stereocenters. The molecule has 30 heavy (non-hydrogen) atoms. The molecule has 0 saturated carbocycles. The van der Waals surface area contributed by atoms with Crippen molar-refractivity contribution in [3.05, 3.63) is 54.6 Å². The highest BCUT2D eigenvalue weighted by Crippen LogP contribution is 2.32. The summed E-state index contributed by atoms with van der Waals surface area (Å²) in [4.78, 5) is 16.7. The van der Waals surface area contributed by atoms with Crippen molar-refractivity contribution in [1.29, 1.82) is 0 Å². The average molecular weight is 407 g/mol. The van der Waals surface area contributed by atoms with E-state index in [0.717, 1.165) is 24.3 Å². The fourth-order valence-electron chi connectivity index (χ4n) is 3.53. The number of carbonyl (C=O) groups is 1. The van der Waals surface area contributed by atoms with E-state index in [1.165, 1.54) is 5.69 Å². The lowest BCUT2D eigenvalue weighted by Crippen LogP contribution is -2.50. The lowest BCUT2D eigenvalue weighted by atomic mass is 10.1. The molecule has 8 nitrogen and oxygen atoms in total. The highest BCUT2D eigenvalue weighted by atomic mass is 16.5. The van der Waals surface area contributed by atoms with E-state index in [1.807, 2.05) is 41.3 Å². The van der Waals surface area contributed by atoms with E-state index in [2.05, 4.69) is 32.5 Å². The van der Waals surface area contributed by atoms with E-state index < -0.39 is 0 Å². The smallest absolute Gasteiger partial charge is 0.323 e. The third kappa shape index (κ3) is 4.17. The fourth-order valence-corrected chi connectivity index (χ4v) is 3.53. The number of methoxy groups -OCH3 is 2. The van der Waals surface area contributed by atoms with E-state index in [4.69, 9.17) is 9.47 Å². The predicted molar refractivity (Wildman–Crippen MR) is 116 cm³/mol. The summed E-state index contributed by atoms with van der Waals surface area (Å²) in [7, 11) is 3.19. The second kappa shape index (κ2) is 8.77. The van der Waals surface area contributed by atoms with Crippen LogP contribution in [0.25, 0.3) is 11.3 Å². The number of aromatic amines is 1. The number of rotatable bonds is 5. The molecule has 1 saturated heterocycles. The summed E-state index contributed by atoms with van der Waals surface area (Å²) >= 11 is 0. The van der Waals surface area contributed by atoms with Crippen LogP contribution in [0, 0.1) is 0 Å². The van der Waals surface area contributed by atoms with E-state index >= 15 is 0 Å². The number of hydrogen-bond acceptors (Lipinski definition) is 5. The molecule has 1 aliphatic heterocycles. The minimum Gasteiger partial charge on any atom is -0.493 e. The number of H-pyrrole nitrogens is 1. The van der Waals surface area contributed by atoms with Crippen LogP contribution in [-0.2, 0) is 0 Å². The maximum absolute atomic E-state index is 12.6. The third-order valence-electron chi connectivity index (χ3n) is 5.20. The molecule has 0 spiro atoms. The monoisotopic (exact) mass is 407 g/mol. The number of urea groups is 1. The Labute approximate surface area is 175 Å². The van der Waals surface area contributed by atoms with Crippen molar-refractivity contribution in [2.45, 2.75) is 0 Å². The van der Waals surface area contributed by atoms with Crippen LogP contribution in [0.3, 0.4) is 0 Å². The van der Waals surface area contributed by atoms with E-state index in [9.17, 15) is 4.79 Å². The Kier molecular flexibility index (Phi) is 5.74. The van der Waals surface area contributed by atoms with Crippen molar-refractivity contribution in [1.82, 2.24) is 15.1 Å². The second-order valence-electron chi connectivity index (χ2n) is 6.98. The van der Waals surface area contributed by atoms with Gasteiger partial charge >= 0.3 is 6.03 Å². The minimum atomic E-state index is -0.145. The predicted octanol–water partition coefficient (Wildman–Crippen LogP) is 3.45. The normalized spacial score (nSPS) is 13.8. The number of ether oxygens (including phenoxy) is 2. The topological polar surface area (TPSA) is 82.7 Å². The molecular weight excluding hydrogens is 382 g/mol. The van der Waals surface area contributed by atoms with Gasteiger partial charge in [-0.3, -0.25) is 10.4 Å². The maximum atomic E-state index is 12.6. The Morgan fingerprint density at radius 1 is 0.967 bits per heavy atom. The zero-order valence-corrected chi connectivity index (χ0v) is 17.1. The number of anilines is 2. The molecule has 8 heteroatoms. The summed E-state index contributed by atoms with van der Waals surface area (Å²) in [6.45, 7) is 2.92. The van der Waals surface area contributed by atoms with Gasteiger partial charge in [-0.1, -0.05) is 18.2 Å². The lowest BCUT2D eigenvalue weighted by molar-refractivity contribution is 0.208. The number of carbonyl (C=O) groups excluding carboxylic acids is 1.